The molecule has 0 unspecified atom stereocenters. The molecule has 61 heavy (non-hydrogen) atoms. The molecule has 0 heteroatoms. The summed E-state index contributed by atoms with van der Waals surface area (Å²) < 4.78 is 0. The van der Waals surface area contributed by atoms with Gasteiger partial charge in [-0.3, -0.25) is 0 Å². The summed E-state index contributed by atoms with van der Waals surface area (Å²) in [6.07, 6.45) is 0. The molecule has 0 aromatic heterocycles. The van der Waals surface area contributed by atoms with E-state index in [1.807, 2.05) is 0 Å². The van der Waals surface area contributed by atoms with E-state index in [-0.39, 0.29) is 21.7 Å². The largest absolute Gasteiger partial charge is 0.0616 e. The fraction of sp³-hybridized carbons (Fsp3) is 0.311. The van der Waals surface area contributed by atoms with Gasteiger partial charge in [-0.05, 0) is 167 Å². The van der Waals surface area contributed by atoms with Crippen LogP contribution in [0, 0.1) is 0 Å². The Hall–Kier alpha value is -5.46. The Morgan fingerprint density at radius 3 is 0.984 bits per heavy atom. The molecule has 10 rings (SSSR count). The second-order valence-corrected chi connectivity index (χ2v) is 22.9. The molecule has 0 fully saturated rings. The lowest BCUT2D eigenvalue weighted by molar-refractivity contribution is 0.568. The van der Waals surface area contributed by atoms with Crippen molar-refractivity contribution in [2.24, 2.45) is 0 Å². The summed E-state index contributed by atoms with van der Waals surface area (Å²) in [7, 11) is 0. The van der Waals surface area contributed by atoms with Crippen LogP contribution in [0.2, 0.25) is 0 Å². The third-order valence-corrected chi connectivity index (χ3v) is 14.1. The first-order chi connectivity index (χ1) is 28.6. The molecule has 0 radical (unpaired) electrons. The van der Waals surface area contributed by atoms with Crippen LogP contribution in [-0.4, -0.2) is 0 Å². The Labute approximate surface area is 365 Å². The highest BCUT2D eigenvalue weighted by Crippen LogP contribution is 2.58. The molecule has 0 saturated heterocycles. The SMILES string of the molecule is CC(C)c1ccc2c(c1)-c1ccc3c4c(ccc-2c14)-c1cc2c(-c4cc(C(C)(C)C)cc(C(C)(C)C)c4)c4ccccc4c(-c4cc(C(C)(C)C)cc(C(C)(C)C)c4)c2cc1-3. The Morgan fingerprint density at radius 2 is 0.639 bits per heavy atom. The second kappa shape index (κ2) is 13.0. The fourth-order valence-electron chi connectivity index (χ4n) is 10.3. The quantitative estimate of drug-likeness (QED) is 0.156. The Morgan fingerprint density at radius 1 is 0.311 bits per heavy atom. The van der Waals surface area contributed by atoms with E-state index in [2.05, 4.69) is 212 Å². The normalized spacial score (nSPS) is 13.6. The first-order valence-electron chi connectivity index (χ1n) is 22.7. The maximum absolute atomic E-state index is 2.59. The number of hydrogen-bond donors (Lipinski definition) is 0. The van der Waals surface area contributed by atoms with Gasteiger partial charge >= 0.3 is 0 Å². The van der Waals surface area contributed by atoms with E-state index in [4.69, 9.17) is 0 Å². The zero-order valence-corrected chi connectivity index (χ0v) is 39.0. The molecule has 0 bridgehead atoms. The van der Waals surface area contributed by atoms with Crippen LogP contribution in [-0.2, 0) is 21.7 Å². The van der Waals surface area contributed by atoms with E-state index in [1.54, 1.807) is 0 Å². The Balaban J connectivity index is 1.36. The van der Waals surface area contributed by atoms with Crippen molar-refractivity contribution in [2.45, 2.75) is 125 Å². The lowest BCUT2D eigenvalue weighted by Gasteiger charge is -2.28. The molecular weight excluding hydrogens is 733 g/mol. The number of hydrogen-bond acceptors (Lipinski definition) is 0. The standard InChI is InChI=1S/C61H62/c1-34(2)35-19-20-42-45-21-22-47-50-32-52-53(33-51(50)48-24-23-46(49(42)29-35)56(45)57(47)48)55(37-27-40(60(9,10)11)31-41(28-37)61(12,13)14)44-18-16-15-17-43(44)54(52)36-25-38(58(3,4)5)30-39(26-36)59(6,7)8/h15-34H,1-14H3. The van der Waals surface area contributed by atoms with Crippen LogP contribution in [0.25, 0.3) is 99.1 Å². The van der Waals surface area contributed by atoms with Gasteiger partial charge in [0.05, 0.1) is 0 Å². The maximum atomic E-state index is 2.59. The van der Waals surface area contributed by atoms with Crippen LogP contribution >= 0.6 is 0 Å². The van der Waals surface area contributed by atoms with Crippen molar-refractivity contribution in [1.29, 1.82) is 0 Å². The van der Waals surface area contributed by atoms with Gasteiger partial charge in [-0.2, -0.15) is 0 Å². The minimum Gasteiger partial charge on any atom is -0.0616 e. The highest BCUT2D eigenvalue weighted by atomic mass is 14.4. The van der Waals surface area contributed by atoms with Gasteiger partial charge in [0.1, 0.15) is 0 Å². The first-order valence-corrected chi connectivity index (χ1v) is 22.7. The average Bonchev–Trinajstić information content (AvgIpc) is 3.68. The van der Waals surface area contributed by atoms with Gasteiger partial charge in [-0.15, -0.1) is 0 Å². The minimum atomic E-state index is -0.00790. The topological polar surface area (TPSA) is 0 Å². The molecule has 0 saturated carbocycles. The van der Waals surface area contributed by atoms with Crippen LogP contribution in [0.3, 0.4) is 0 Å². The monoisotopic (exact) mass is 794 g/mol. The summed E-state index contributed by atoms with van der Waals surface area (Å²) in [6.45, 7) is 32.9. The Bertz CT molecular complexity index is 2960. The maximum Gasteiger partial charge on any atom is -0.00139 e. The Kier molecular flexibility index (Phi) is 8.47. The summed E-state index contributed by atoms with van der Waals surface area (Å²) >= 11 is 0. The van der Waals surface area contributed by atoms with Crippen molar-refractivity contribution in [3.8, 4) is 66.8 Å². The molecule has 0 N–H and O–H groups in total. The smallest absolute Gasteiger partial charge is 0.00139 e. The second-order valence-electron chi connectivity index (χ2n) is 22.9. The molecule has 0 aliphatic heterocycles. The van der Waals surface area contributed by atoms with Crippen LogP contribution in [0.1, 0.15) is 131 Å². The zero-order valence-electron chi connectivity index (χ0n) is 39.0. The van der Waals surface area contributed by atoms with E-state index in [0.717, 1.165) is 0 Å². The van der Waals surface area contributed by atoms with Gasteiger partial charge in [0.15, 0.2) is 0 Å². The third kappa shape index (κ3) is 6.14. The predicted molar refractivity (Wildman–Crippen MR) is 268 cm³/mol. The van der Waals surface area contributed by atoms with Gasteiger partial charge < -0.3 is 0 Å². The summed E-state index contributed by atoms with van der Waals surface area (Å²) in [5.74, 6) is 0.484. The van der Waals surface area contributed by atoms with Crippen LogP contribution in [0.4, 0.5) is 0 Å². The molecule has 0 spiro atoms. The lowest BCUT2D eigenvalue weighted by atomic mass is 9.76. The number of fused-ring (bicyclic) bond motifs is 8. The highest BCUT2D eigenvalue weighted by Gasteiger charge is 2.32. The van der Waals surface area contributed by atoms with Gasteiger partial charge in [-0.1, -0.05) is 200 Å². The lowest BCUT2D eigenvalue weighted by Crippen LogP contribution is -2.16. The highest BCUT2D eigenvalue weighted by molar-refractivity contribution is 6.29. The molecule has 0 nitrogen and oxygen atoms in total. The van der Waals surface area contributed by atoms with Crippen LogP contribution < -0.4 is 0 Å². The molecule has 2 aliphatic rings. The van der Waals surface area contributed by atoms with Crippen LogP contribution in [0.15, 0.2) is 115 Å². The molecule has 8 aromatic rings. The average molecular weight is 795 g/mol. The zero-order chi connectivity index (χ0) is 43.3. The summed E-state index contributed by atoms with van der Waals surface area (Å²) in [6, 6.07) is 46.2. The summed E-state index contributed by atoms with van der Waals surface area (Å²) in [4.78, 5) is 0. The van der Waals surface area contributed by atoms with E-state index in [9.17, 15) is 0 Å². The van der Waals surface area contributed by atoms with Crippen LogP contribution in [0.5, 0.6) is 0 Å². The van der Waals surface area contributed by atoms with Gasteiger partial charge in [0, 0.05) is 0 Å². The molecule has 306 valence electrons. The minimum absolute atomic E-state index is 0.00790. The van der Waals surface area contributed by atoms with E-state index >= 15 is 0 Å². The number of rotatable bonds is 3. The van der Waals surface area contributed by atoms with Crippen molar-refractivity contribution < 1.29 is 0 Å². The van der Waals surface area contributed by atoms with E-state index in [1.165, 1.54) is 127 Å². The first kappa shape index (κ1) is 39.7. The predicted octanol–water partition coefficient (Wildman–Crippen LogP) is 18.1. The van der Waals surface area contributed by atoms with E-state index < -0.39 is 0 Å². The summed E-state index contributed by atoms with van der Waals surface area (Å²) in [5.41, 5.74) is 23.0. The fourth-order valence-corrected chi connectivity index (χ4v) is 10.3. The van der Waals surface area contributed by atoms with Crippen molar-refractivity contribution in [1.82, 2.24) is 0 Å². The molecule has 2 aliphatic carbocycles. The molecule has 0 heterocycles. The van der Waals surface area contributed by atoms with Gasteiger partial charge in [0.25, 0.3) is 0 Å². The van der Waals surface area contributed by atoms with Crippen molar-refractivity contribution in [3.05, 3.63) is 143 Å². The molecule has 8 aromatic carbocycles. The van der Waals surface area contributed by atoms with E-state index in [0.29, 0.717) is 5.92 Å². The van der Waals surface area contributed by atoms with Gasteiger partial charge in [0.2, 0.25) is 0 Å². The molecule has 0 amide bonds. The van der Waals surface area contributed by atoms with Crippen molar-refractivity contribution >= 4 is 32.3 Å². The number of benzene rings is 8. The van der Waals surface area contributed by atoms with Crippen molar-refractivity contribution in [2.75, 3.05) is 0 Å². The van der Waals surface area contributed by atoms with Gasteiger partial charge in [-0.25, -0.2) is 0 Å². The molecular formula is C61H62. The molecule has 0 atom stereocenters. The third-order valence-electron chi connectivity index (χ3n) is 14.1. The summed E-state index contributed by atoms with van der Waals surface area (Å²) in [5, 5.41) is 8.08. The van der Waals surface area contributed by atoms with Crippen molar-refractivity contribution in [3.63, 3.8) is 0 Å².